The highest BCUT2D eigenvalue weighted by Crippen LogP contribution is 2.35. The van der Waals surface area contributed by atoms with Crippen LogP contribution < -0.4 is 14.8 Å². The number of hydrogen-bond donors (Lipinski definition) is 1. The first kappa shape index (κ1) is 11.9. The van der Waals surface area contributed by atoms with Crippen LogP contribution in [0.15, 0.2) is 30.3 Å². The van der Waals surface area contributed by atoms with Crippen LogP contribution in [0.5, 0.6) is 11.5 Å². The van der Waals surface area contributed by atoms with Crippen LogP contribution >= 0.6 is 0 Å². The quantitative estimate of drug-likeness (QED) is 0.877. The Morgan fingerprint density at radius 1 is 0.842 bits per heavy atom. The molecule has 0 saturated carbocycles. The SMILES string of the molecule is Cc1cc(Nc2ccc3c(c2)OCO3)cc(C)c1C. The molecule has 1 heterocycles. The number of benzene rings is 2. The number of anilines is 2. The third kappa shape index (κ3) is 2.24. The van der Waals surface area contributed by atoms with Gasteiger partial charge < -0.3 is 14.8 Å². The number of nitrogens with one attached hydrogen (secondary N) is 1. The molecule has 98 valence electrons. The number of fused-ring (bicyclic) bond motifs is 1. The lowest BCUT2D eigenvalue weighted by Crippen LogP contribution is -1.94. The molecule has 19 heavy (non-hydrogen) atoms. The second-order valence-electron chi connectivity index (χ2n) is 4.93. The van der Waals surface area contributed by atoms with E-state index in [0.717, 1.165) is 22.9 Å². The van der Waals surface area contributed by atoms with Crippen molar-refractivity contribution in [3.05, 3.63) is 47.0 Å². The van der Waals surface area contributed by atoms with Gasteiger partial charge >= 0.3 is 0 Å². The Morgan fingerprint density at radius 3 is 2.26 bits per heavy atom. The third-order valence-electron chi connectivity index (χ3n) is 3.59. The summed E-state index contributed by atoms with van der Waals surface area (Å²) in [6.45, 7) is 6.72. The van der Waals surface area contributed by atoms with E-state index in [-0.39, 0.29) is 0 Å². The van der Waals surface area contributed by atoms with E-state index in [9.17, 15) is 0 Å². The van der Waals surface area contributed by atoms with Crippen molar-refractivity contribution in [2.24, 2.45) is 0 Å². The van der Waals surface area contributed by atoms with Gasteiger partial charge in [0.1, 0.15) is 0 Å². The average Bonchev–Trinajstić information content (AvgIpc) is 2.83. The molecule has 0 unspecified atom stereocenters. The highest BCUT2D eigenvalue weighted by Gasteiger charge is 2.13. The molecule has 2 aromatic carbocycles. The predicted molar refractivity (Wildman–Crippen MR) is 76.5 cm³/mol. The van der Waals surface area contributed by atoms with Crippen LogP contribution in [0.1, 0.15) is 16.7 Å². The van der Waals surface area contributed by atoms with Crippen LogP contribution in [0.2, 0.25) is 0 Å². The van der Waals surface area contributed by atoms with E-state index >= 15 is 0 Å². The molecule has 2 aromatic rings. The maximum atomic E-state index is 5.38. The maximum Gasteiger partial charge on any atom is 0.231 e. The fraction of sp³-hybridized carbons (Fsp3) is 0.250. The van der Waals surface area contributed by atoms with Gasteiger partial charge in [-0.25, -0.2) is 0 Å². The molecule has 1 aliphatic heterocycles. The van der Waals surface area contributed by atoms with Crippen LogP contribution in [0.3, 0.4) is 0 Å². The van der Waals surface area contributed by atoms with Crippen molar-refractivity contribution in [2.75, 3.05) is 12.1 Å². The highest BCUT2D eigenvalue weighted by molar-refractivity contribution is 5.65. The van der Waals surface area contributed by atoms with Crippen LogP contribution in [-0.4, -0.2) is 6.79 Å². The Labute approximate surface area is 113 Å². The largest absolute Gasteiger partial charge is 0.454 e. The fourth-order valence-corrected chi connectivity index (χ4v) is 2.25. The molecule has 1 aliphatic rings. The van der Waals surface area contributed by atoms with Crippen molar-refractivity contribution >= 4 is 11.4 Å². The maximum absolute atomic E-state index is 5.38. The fourth-order valence-electron chi connectivity index (χ4n) is 2.25. The van der Waals surface area contributed by atoms with Crippen molar-refractivity contribution in [3.8, 4) is 11.5 Å². The number of rotatable bonds is 2. The average molecular weight is 255 g/mol. The lowest BCUT2D eigenvalue weighted by atomic mass is 10.0. The summed E-state index contributed by atoms with van der Waals surface area (Å²) in [5, 5.41) is 3.41. The number of hydrogen-bond acceptors (Lipinski definition) is 3. The lowest BCUT2D eigenvalue weighted by Gasteiger charge is -2.11. The van der Waals surface area contributed by atoms with Gasteiger partial charge in [-0.2, -0.15) is 0 Å². The molecule has 0 bridgehead atoms. The summed E-state index contributed by atoms with van der Waals surface area (Å²) in [6, 6.07) is 10.2. The van der Waals surface area contributed by atoms with Gasteiger partial charge in [0.05, 0.1) is 0 Å². The first-order valence-electron chi connectivity index (χ1n) is 6.38. The Kier molecular flexibility index (Phi) is 2.82. The Bertz CT molecular complexity index is 612. The summed E-state index contributed by atoms with van der Waals surface area (Å²) in [7, 11) is 0. The third-order valence-corrected chi connectivity index (χ3v) is 3.59. The molecule has 0 saturated heterocycles. The molecule has 3 nitrogen and oxygen atoms in total. The molecule has 3 rings (SSSR count). The minimum Gasteiger partial charge on any atom is -0.454 e. The summed E-state index contributed by atoms with van der Waals surface area (Å²) < 4.78 is 10.7. The molecule has 0 amide bonds. The normalized spacial score (nSPS) is 12.6. The van der Waals surface area contributed by atoms with Gasteiger partial charge in [0.15, 0.2) is 11.5 Å². The molecule has 0 aromatic heterocycles. The van der Waals surface area contributed by atoms with E-state index in [1.165, 1.54) is 16.7 Å². The molecule has 3 heteroatoms. The van der Waals surface area contributed by atoms with E-state index in [2.05, 4.69) is 38.2 Å². The Hall–Kier alpha value is -2.16. The Morgan fingerprint density at radius 2 is 1.53 bits per heavy atom. The van der Waals surface area contributed by atoms with E-state index in [0.29, 0.717) is 6.79 Å². The topological polar surface area (TPSA) is 30.5 Å². The van der Waals surface area contributed by atoms with E-state index in [1.54, 1.807) is 0 Å². The second-order valence-corrected chi connectivity index (χ2v) is 4.93. The standard InChI is InChI=1S/C16H17NO2/c1-10-6-14(7-11(2)12(10)3)17-13-4-5-15-16(8-13)19-9-18-15/h4-8,17H,9H2,1-3H3. The van der Waals surface area contributed by atoms with Gasteiger partial charge in [0, 0.05) is 17.4 Å². The minimum atomic E-state index is 0.307. The van der Waals surface area contributed by atoms with Crippen LogP contribution in [-0.2, 0) is 0 Å². The number of ether oxygens (including phenoxy) is 2. The summed E-state index contributed by atoms with van der Waals surface area (Å²) in [5.74, 6) is 1.60. The molecule has 0 radical (unpaired) electrons. The molecule has 0 spiro atoms. The molecule has 0 atom stereocenters. The van der Waals surface area contributed by atoms with Gasteiger partial charge in [0.2, 0.25) is 6.79 Å². The van der Waals surface area contributed by atoms with E-state index in [1.807, 2.05) is 18.2 Å². The smallest absolute Gasteiger partial charge is 0.231 e. The van der Waals surface area contributed by atoms with Crippen molar-refractivity contribution in [3.63, 3.8) is 0 Å². The Balaban J connectivity index is 1.89. The summed E-state index contributed by atoms with van der Waals surface area (Å²) in [6.07, 6.45) is 0. The summed E-state index contributed by atoms with van der Waals surface area (Å²) in [5.41, 5.74) is 6.04. The van der Waals surface area contributed by atoms with E-state index in [4.69, 9.17) is 9.47 Å². The molecule has 0 fully saturated rings. The van der Waals surface area contributed by atoms with Gasteiger partial charge in [-0.05, 0) is 61.7 Å². The van der Waals surface area contributed by atoms with Gasteiger partial charge in [-0.15, -0.1) is 0 Å². The molecule has 1 N–H and O–H groups in total. The van der Waals surface area contributed by atoms with Crippen molar-refractivity contribution in [1.29, 1.82) is 0 Å². The molecular formula is C16H17NO2. The highest BCUT2D eigenvalue weighted by atomic mass is 16.7. The van der Waals surface area contributed by atoms with Crippen LogP contribution in [0.4, 0.5) is 11.4 Å². The zero-order valence-electron chi connectivity index (χ0n) is 11.4. The number of aryl methyl sites for hydroxylation is 2. The summed E-state index contributed by atoms with van der Waals surface area (Å²) in [4.78, 5) is 0. The van der Waals surface area contributed by atoms with Crippen LogP contribution in [0, 0.1) is 20.8 Å². The second kappa shape index (κ2) is 4.50. The molecular weight excluding hydrogens is 238 g/mol. The summed E-state index contributed by atoms with van der Waals surface area (Å²) >= 11 is 0. The first-order chi connectivity index (χ1) is 9.13. The zero-order chi connectivity index (χ0) is 13.4. The van der Waals surface area contributed by atoms with E-state index < -0.39 is 0 Å². The van der Waals surface area contributed by atoms with Gasteiger partial charge in [-0.3, -0.25) is 0 Å². The van der Waals surface area contributed by atoms with Crippen molar-refractivity contribution < 1.29 is 9.47 Å². The molecule has 0 aliphatic carbocycles. The van der Waals surface area contributed by atoms with Crippen molar-refractivity contribution in [2.45, 2.75) is 20.8 Å². The van der Waals surface area contributed by atoms with Crippen molar-refractivity contribution in [1.82, 2.24) is 0 Å². The minimum absolute atomic E-state index is 0.307. The van der Waals surface area contributed by atoms with Gasteiger partial charge in [-0.1, -0.05) is 0 Å². The zero-order valence-corrected chi connectivity index (χ0v) is 11.4. The monoisotopic (exact) mass is 255 g/mol. The first-order valence-corrected chi connectivity index (χ1v) is 6.38. The lowest BCUT2D eigenvalue weighted by molar-refractivity contribution is 0.174. The predicted octanol–water partition coefficient (Wildman–Crippen LogP) is 4.08. The van der Waals surface area contributed by atoms with Gasteiger partial charge in [0.25, 0.3) is 0 Å². The van der Waals surface area contributed by atoms with Crippen LogP contribution in [0.25, 0.3) is 0 Å².